The first kappa shape index (κ1) is 22.2. The van der Waals surface area contributed by atoms with E-state index in [-0.39, 0.29) is 31.6 Å². The summed E-state index contributed by atoms with van der Waals surface area (Å²) in [5, 5.41) is 8.20. The molecule has 158 valence electrons. The number of anilines is 1. The molecule has 1 aromatic carbocycles. The number of esters is 1. The van der Waals surface area contributed by atoms with Crippen LogP contribution >= 0.6 is 0 Å². The maximum Gasteiger partial charge on any atom is 0.337 e. The molecule has 1 aromatic rings. The van der Waals surface area contributed by atoms with E-state index in [1.807, 2.05) is 6.92 Å². The molecule has 1 aliphatic rings. The topological polar surface area (TPSA) is 109 Å². The van der Waals surface area contributed by atoms with Gasteiger partial charge in [-0.1, -0.05) is 13.0 Å². The number of hydrogen-bond acceptors (Lipinski definition) is 6. The van der Waals surface area contributed by atoms with Gasteiger partial charge in [-0.15, -0.1) is 0 Å². The number of hydrogen-bond donors (Lipinski definition) is 3. The summed E-state index contributed by atoms with van der Waals surface area (Å²) < 4.78 is 10.3. The molecule has 0 unspecified atom stereocenters. The van der Waals surface area contributed by atoms with Crippen LogP contribution in [0.3, 0.4) is 0 Å². The van der Waals surface area contributed by atoms with E-state index in [1.54, 1.807) is 50.2 Å². The van der Waals surface area contributed by atoms with Gasteiger partial charge >= 0.3 is 12.0 Å². The van der Waals surface area contributed by atoms with E-state index in [4.69, 9.17) is 9.47 Å². The number of nitrogens with zero attached hydrogens (tertiary/aromatic N) is 1. The zero-order chi connectivity index (χ0) is 21.4. The lowest BCUT2D eigenvalue weighted by molar-refractivity contribution is -0.139. The van der Waals surface area contributed by atoms with Crippen LogP contribution in [0.1, 0.15) is 20.3 Å². The van der Waals surface area contributed by atoms with Crippen molar-refractivity contribution in [2.75, 3.05) is 39.2 Å². The van der Waals surface area contributed by atoms with Crippen molar-refractivity contribution in [3.05, 3.63) is 35.5 Å². The monoisotopic (exact) mass is 404 g/mol. The third-order valence-electron chi connectivity index (χ3n) is 4.34. The smallest absolute Gasteiger partial charge is 0.337 e. The van der Waals surface area contributed by atoms with E-state index in [9.17, 15) is 14.4 Å². The maximum absolute atomic E-state index is 12.4. The first-order valence-electron chi connectivity index (χ1n) is 9.48. The SMILES string of the molecule is CCOC(=O)C1=C(CN(C)CC(=O)Nc2cccc(OC)c2)NC(=O)N[C@@H]1CC. The lowest BCUT2D eigenvalue weighted by Crippen LogP contribution is -2.52. The third kappa shape index (κ3) is 6.21. The molecule has 0 spiro atoms. The molecule has 0 fully saturated rings. The highest BCUT2D eigenvalue weighted by Crippen LogP contribution is 2.18. The van der Waals surface area contributed by atoms with Crippen molar-refractivity contribution in [3.8, 4) is 5.75 Å². The lowest BCUT2D eigenvalue weighted by Gasteiger charge is -2.30. The van der Waals surface area contributed by atoms with Gasteiger partial charge in [0.15, 0.2) is 0 Å². The minimum atomic E-state index is -0.476. The molecule has 0 radical (unpaired) electrons. The Bertz CT molecular complexity index is 793. The molecule has 0 bridgehead atoms. The second-order valence-corrected chi connectivity index (χ2v) is 6.62. The van der Waals surface area contributed by atoms with Gasteiger partial charge in [-0.05, 0) is 32.5 Å². The van der Waals surface area contributed by atoms with Crippen LogP contribution in [0, 0.1) is 0 Å². The lowest BCUT2D eigenvalue weighted by atomic mass is 10.00. The van der Waals surface area contributed by atoms with Crippen LogP contribution < -0.4 is 20.7 Å². The molecule has 9 nitrogen and oxygen atoms in total. The van der Waals surface area contributed by atoms with E-state index in [0.29, 0.717) is 29.1 Å². The molecule has 29 heavy (non-hydrogen) atoms. The van der Waals surface area contributed by atoms with E-state index >= 15 is 0 Å². The van der Waals surface area contributed by atoms with Gasteiger partial charge in [-0.3, -0.25) is 9.69 Å². The number of rotatable bonds is 9. The Labute approximate surface area is 170 Å². The fraction of sp³-hybridized carbons (Fsp3) is 0.450. The molecule has 9 heteroatoms. The normalized spacial score (nSPS) is 16.2. The summed E-state index contributed by atoms with van der Waals surface area (Å²) in [4.78, 5) is 38.4. The largest absolute Gasteiger partial charge is 0.497 e. The highest BCUT2D eigenvalue weighted by molar-refractivity contribution is 5.95. The quantitative estimate of drug-likeness (QED) is 0.538. The Hall–Kier alpha value is -3.07. The molecule has 2 rings (SSSR count). The highest BCUT2D eigenvalue weighted by Gasteiger charge is 2.31. The van der Waals surface area contributed by atoms with Crippen LogP contribution in [0.5, 0.6) is 5.75 Å². The summed E-state index contributed by atoms with van der Waals surface area (Å²) in [6, 6.07) is 6.24. The van der Waals surface area contributed by atoms with E-state index < -0.39 is 12.0 Å². The van der Waals surface area contributed by atoms with Crippen molar-refractivity contribution in [1.82, 2.24) is 15.5 Å². The Kier molecular flexibility index (Phi) is 8.02. The van der Waals surface area contributed by atoms with Crippen molar-refractivity contribution in [3.63, 3.8) is 0 Å². The summed E-state index contributed by atoms with van der Waals surface area (Å²) in [6.45, 7) is 4.11. The third-order valence-corrected chi connectivity index (χ3v) is 4.34. The van der Waals surface area contributed by atoms with Gasteiger partial charge in [0.2, 0.25) is 5.91 Å². The fourth-order valence-electron chi connectivity index (χ4n) is 3.06. The number of likely N-dealkylation sites (N-methyl/N-ethyl adjacent to an activating group) is 1. The van der Waals surface area contributed by atoms with E-state index in [1.165, 1.54) is 0 Å². The van der Waals surface area contributed by atoms with Crippen molar-refractivity contribution in [1.29, 1.82) is 0 Å². The van der Waals surface area contributed by atoms with E-state index in [2.05, 4.69) is 16.0 Å². The second kappa shape index (κ2) is 10.5. The predicted octanol–water partition coefficient (Wildman–Crippen LogP) is 1.47. The van der Waals surface area contributed by atoms with Gasteiger partial charge in [0.05, 0.1) is 31.9 Å². The summed E-state index contributed by atoms with van der Waals surface area (Å²) in [7, 11) is 3.29. The molecular formula is C20H28N4O5. The number of carbonyl (C=O) groups excluding carboxylic acids is 3. The van der Waals surface area contributed by atoms with Crippen LogP contribution in [0.25, 0.3) is 0 Å². The van der Waals surface area contributed by atoms with Gasteiger partial charge in [-0.2, -0.15) is 0 Å². The summed E-state index contributed by atoms with van der Waals surface area (Å²) in [5.41, 5.74) is 1.44. The zero-order valence-electron chi connectivity index (χ0n) is 17.2. The van der Waals surface area contributed by atoms with Gasteiger partial charge in [0, 0.05) is 24.0 Å². The van der Waals surface area contributed by atoms with Gasteiger partial charge in [0.1, 0.15) is 5.75 Å². The second-order valence-electron chi connectivity index (χ2n) is 6.62. The Balaban J connectivity index is 2.08. The number of urea groups is 1. The van der Waals surface area contributed by atoms with Gasteiger partial charge in [-0.25, -0.2) is 9.59 Å². The average Bonchev–Trinajstić information content (AvgIpc) is 2.67. The first-order valence-corrected chi connectivity index (χ1v) is 9.48. The number of amides is 3. The van der Waals surface area contributed by atoms with Crippen LogP contribution in [0.15, 0.2) is 35.5 Å². The summed E-state index contributed by atoms with van der Waals surface area (Å²) >= 11 is 0. The van der Waals surface area contributed by atoms with E-state index in [0.717, 1.165) is 0 Å². The van der Waals surface area contributed by atoms with Crippen molar-refractivity contribution >= 4 is 23.6 Å². The number of benzene rings is 1. The molecule has 1 aliphatic heterocycles. The number of nitrogens with one attached hydrogen (secondary N) is 3. The molecule has 1 heterocycles. The summed E-state index contributed by atoms with van der Waals surface area (Å²) in [5.74, 6) is -0.0640. The summed E-state index contributed by atoms with van der Waals surface area (Å²) in [6.07, 6.45) is 0.547. The van der Waals surface area contributed by atoms with Crippen LogP contribution in [0.4, 0.5) is 10.5 Å². The molecule has 0 aromatic heterocycles. The average molecular weight is 404 g/mol. The van der Waals surface area contributed by atoms with Crippen LogP contribution in [0.2, 0.25) is 0 Å². The van der Waals surface area contributed by atoms with Crippen LogP contribution in [-0.2, 0) is 14.3 Å². The van der Waals surface area contributed by atoms with Crippen molar-refractivity contribution < 1.29 is 23.9 Å². The number of ether oxygens (including phenoxy) is 2. The molecule has 1 atom stereocenters. The standard InChI is InChI=1S/C20H28N4O5/c1-5-15-18(19(26)29-6-2)16(23-20(27)22-15)11-24(3)12-17(25)21-13-8-7-9-14(10-13)28-4/h7-10,15H,5-6,11-12H2,1-4H3,(H,21,25)(H2,22,23,27)/t15-/m1/s1. The minimum Gasteiger partial charge on any atom is -0.497 e. The van der Waals surface area contributed by atoms with Crippen LogP contribution in [-0.4, -0.2) is 62.7 Å². The Morgan fingerprint density at radius 3 is 2.69 bits per heavy atom. The predicted molar refractivity (Wildman–Crippen MR) is 109 cm³/mol. The molecule has 3 amide bonds. The maximum atomic E-state index is 12.4. The number of carbonyl (C=O) groups is 3. The fourth-order valence-corrected chi connectivity index (χ4v) is 3.06. The first-order chi connectivity index (χ1) is 13.9. The van der Waals surface area contributed by atoms with Crippen molar-refractivity contribution in [2.24, 2.45) is 0 Å². The Morgan fingerprint density at radius 1 is 1.28 bits per heavy atom. The van der Waals surface area contributed by atoms with Crippen molar-refractivity contribution in [2.45, 2.75) is 26.3 Å². The molecule has 3 N–H and O–H groups in total. The highest BCUT2D eigenvalue weighted by atomic mass is 16.5. The molecule has 0 aliphatic carbocycles. The number of methoxy groups -OCH3 is 1. The van der Waals surface area contributed by atoms with Gasteiger partial charge in [0.25, 0.3) is 0 Å². The molecule has 0 saturated carbocycles. The zero-order valence-corrected chi connectivity index (χ0v) is 17.2. The minimum absolute atomic E-state index is 0.0664. The Morgan fingerprint density at radius 2 is 2.03 bits per heavy atom. The molecular weight excluding hydrogens is 376 g/mol. The molecule has 0 saturated heterocycles. The van der Waals surface area contributed by atoms with Gasteiger partial charge < -0.3 is 25.4 Å².